The van der Waals surface area contributed by atoms with Crippen molar-refractivity contribution in [2.75, 3.05) is 7.05 Å². The Morgan fingerprint density at radius 3 is 2.84 bits per heavy atom. The van der Waals surface area contributed by atoms with Crippen molar-refractivity contribution in [2.45, 2.75) is 6.55 Å². The molecule has 5 heterocycles. The molecule has 5 aliphatic heterocycles. The normalized spacial score (nSPS) is 50.9. The summed E-state index contributed by atoms with van der Waals surface area (Å²) in [6.45, 7) is 2.55. The van der Waals surface area contributed by atoms with Gasteiger partial charge in [-0.15, -0.1) is 0 Å². The number of hydrogen-bond donors (Lipinski definition) is 4. The van der Waals surface area contributed by atoms with Crippen LogP contribution < -0.4 is 18.9 Å². The maximum atomic E-state index is 4.33. The van der Waals surface area contributed by atoms with Crippen LogP contribution in [0.5, 0.6) is 0 Å². The molecule has 3 radical (unpaired) electrons. The van der Waals surface area contributed by atoms with Gasteiger partial charge in [0.2, 0.25) is 9.28 Å². The van der Waals surface area contributed by atoms with Crippen molar-refractivity contribution >= 4 is 134 Å². The minimum atomic E-state index is -0.835. The maximum Gasteiger partial charge on any atom is 0.246 e. The van der Waals surface area contributed by atoms with Crippen molar-refractivity contribution in [3.8, 4) is 0 Å². The van der Waals surface area contributed by atoms with Crippen molar-refractivity contribution in [3.05, 3.63) is 0 Å². The van der Waals surface area contributed by atoms with Gasteiger partial charge in [0.1, 0.15) is 38.2 Å². The number of rotatable bonds is 1. The molecular formula is C2H31N8Si15. The van der Waals surface area contributed by atoms with Crippen molar-refractivity contribution in [2.24, 2.45) is 0 Å². The van der Waals surface area contributed by atoms with E-state index in [1.54, 1.807) is 0 Å². The summed E-state index contributed by atoms with van der Waals surface area (Å²) < 4.78 is 26.2. The van der Waals surface area contributed by atoms with Crippen LogP contribution in [-0.4, -0.2) is 156 Å². The van der Waals surface area contributed by atoms with Gasteiger partial charge in [0.05, 0.1) is 68.7 Å². The second kappa shape index (κ2) is 8.22. The molecule has 0 aromatic rings. The minimum absolute atomic E-state index is 0.00804. The van der Waals surface area contributed by atoms with E-state index < -0.39 is 27.0 Å². The first-order valence-electron chi connectivity index (χ1n) is 9.53. The van der Waals surface area contributed by atoms with Crippen LogP contribution in [0.1, 0.15) is 0 Å². The predicted molar refractivity (Wildman–Crippen MR) is 147 cm³/mol. The van der Waals surface area contributed by atoms with Crippen LogP contribution in [0.4, 0.5) is 0 Å². The maximum absolute atomic E-state index is 4.33. The topological polar surface area (TPSA) is 61.1 Å². The van der Waals surface area contributed by atoms with Gasteiger partial charge in [-0.25, -0.2) is 0 Å². The summed E-state index contributed by atoms with van der Waals surface area (Å²) in [5.41, 5.74) is 0. The molecule has 0 saturated carbocycles. The zero-order chi connectivity index (χ0) is 17.1. The fraction of sp³-hybridized carbons (Fsp3) is 1.00. The summed E-state index contributed by atoms with van der Waals surface area (Å²) in [5.74, 6) is 0. The molecule has 5 aliphatic rings. The average molecular weight is 589 g/mol. The Morgan fingerprint density at radius 2 is 2.04 bits per heavy atom. The van der Waals surface area contributed by atoms with Crippen molar-refractivity contribution in [1.82, 2.24) is 34.5 Å². The highest BCUT2D eigenvalue weighted by atomic mass is 30.2. The summed E-state index contributed by atoms with van der Waals surface area (Å²) in [4.78, 5) is 3.88. The van der Waals surface area contributed by atoms with Gasteiger partial charge < -0.3 is 34.5 Å². The van der Waals surface area contributed by atoms with Gasteiger partial charge in [-0.05, 0) is 13.6 Å². The van der Waals surface area contributed by atoms with Crippen LogP contribution in [0.3, 0.4) is 0 Å². The Morgan fingerprint density at radius 1 is 1.16 bits per heavy atom. The van der Waals surface area contributed by atoms with Gasteiger partial charge in [-0.2, -0.15) is 0 Å². The zero-order valence-electron chi connectivity index (χ0n) is 15.5. The molecule has 5 fully saturated rings. The highest BCUT2D eigenvalue weighted by molar-refractivity contribution is 7.97. The van der Waals surface area contributed by atoms with E-state index in [9.17, 15) is 0 Å². The van der Waals surface area contributed by atoms with E-state index in [2.05, 4.69) is 48.1 Å². The van der Waals surface area contributed by atoms with E-state index in [1.807, 2.05) is 0 Å². The molecule has 0 aromatic heterocycles. The van der Waals surface area contributed by atoms with Crippen molar-refractivity contribution < 1.29 is 0 Å². The first kappa shape index (κ1) is 19.9. The quantitative estimate of drug-likeness (QED) is 0.226. The Labute approximate surface area is 180 Å². The van der Waals surface area contributed by atoms with E-state index in [-0.39, 0.29) is 87.8 Å². The first-order valence-corrected chi connectivity index (χ1v) is 43.2. The Bertz CT molecular complexity index is 512. The SMILES string of the molecule is CN[SiH]1N[SiH2][Si]2[SiH]3[SiH][SiH2]N[SiH](C)N[SiH2]N3[SiH2][Si]3[SiH]4N([SiH3])[SiH2]N4[SiH2]N1[SiH]23. The first-order chi connectivity index (χ1) is 12.2. The molecule has 5 saturated heterocycles. The Hall–Kier alpha value is 2.93. The molecular weight excluding hydrogens is 557 g/mol. The lowest BCUT2D eigenvalue weighted by Crippen LogP contribution is -2.99. The fourth-order valence-corrected chi connectivity index (χ4v) is 349. The third-order valence-electron chi connectivity index (χ3n) is 6.51. The monoisotopic (exact) mass is 587 g/mol. The van der Waals surface area contributed by atoms with E-state index in [1.165, 1.54) is 10.4 Å². The summed E-state index contributed by atoms with van der Waals surface area (Å²) in [6, 6.07) is 0. The third-order valence-corrected chi connectivity index (χ3v) is 161. The molecule has 4 N–H and O–H groups in total. The third kappa shape index (κ3) is 3.52. The minimum Gasteiger partial charge on any atom is -0.376 e. The van der Waals surface area contributed by atoms with Crippen LogP contribution in [0.2, 0.25) is 6.55 Å². The molecule has 5 rings (SSSR count). The number of nitrogens with one attached hydrogen (secondary N) is 4. The van der Waals surface area contributed by atoms with Gasteiger partial charge in [-0.1, -0.05) is 0 Å². The summed E-state index contributed by atoms with van der Waals surface area (Å²) in [7, 11) is 3.43. The fourth-order valence-electron chi connectivity index (χ4n) is 5.43. The highest BCUT2D eigenvalue weighted by Crippen LogP contribution is 2.26. The molecule has 139 valence electrons. The van der Waals surface area contributed by atoms with E-state index in [0.717, 1.165) is 8.55 Å². The van der Waals surface area contributed by atoms with Crippen LogP contribution in [0.15, 0.2) is 0 Å². The molecule has 0 aromatic carbocycles. The molecule has 0 bridgehead atoms. The van der Waals surface area contributed by atoms with E-state index >= 15 is 0 Å². The largest absolute Gasteiger partial charge is 0.376 e. The molecule has 8 nitrogen and oxygen atoms in total. The molecule has 5 atom stereocenters. The lowest BCUT2D eigenvalue weighted by molar-refractivity contribution is 0.748. The van der Waals surface area contributed by atoms with Gasteiger partial charge in [0, 0.05) is 8.55 Å². The zero-order valence-corrected chi connectivity index (χ0v) is 34.9. The van der Waals surface area contributed by atoms with Gasteiger partial charge in [0.15, 0.2) is 9.12 Å². The number of hydrogen-bond acceptors (Lipinski definition) is 8. The van der Waals surface area contributed by atoms with Crippen LogP contribution in [-0.2, 0) is 0 Å². The number of nitrogens with zero attached hydrogens (tertiary/aromatic N) is 4. The highest BCUT2D eigenvalue weighted by Gasteiger charge is 2.61. The van der Waals surface area contributed by atoms with E-state index in [4.69, 9.17) is 0 Å². The van der Waals surface area contributed by atoms with Crippen molar-refractivity contribution in [3.63, 3.8) is 0 Å². The van der Waals surface area contributed by atoms with Gasteiger partial charge >= 0.3 is 0 Å². The van der Waals surface area contributed by atoms with Gasteiger partial charge in [-0.3, -0.25) is 0 Å². The molecule has 0 amide bonds. The lowest BCUT2D eigenvalue weighted by atomic mass is 11.6. The van der Waals surface area contributed by atoms with Crippen LogP contribution in [0.25, 0.3) is 0 Å². The molecule has 25 heavy (non-hydrogen) atoms. The van der Waals surface area contributed by atoms with Gasteiger partial charge in [0.25, 0.3) is 0 Å². The molecule has 0 spiro atoms. The lowest BCUT2D eigenvalue weighted by Gasteiger charge is -2.66. The smallest absolute Gasteiger partial charge is 0.246 e. The standard InChI is InChI=1S/C2H31N8Si15/c1-3-20-6-14-24-22-8(12-4-19(2)5-13-18-22)17-25-21-7(11)15-9(21)16-10(20)23(24)25/h3-6,18-23H,12-17H2,1-2,11H3. The number of fused-ring (bicyclic) bond motifs is 4. The summed E-state index contributed by atoms with van der Waals surface area (Å²) in [5, 5.41) is 0. The van der Waals surface area contributed by atoms with Crippen LogP contribution >= 0.6 is 0 Å². The van der Waals surface area contributed by atoms with Crippen molar-refractivity contribution in [1.29, 1.82) is 0 Å². The van der Waals surface area contributed by atoms with E-state index in [0.29, 0.717) is 0 Å². The summed E-state index contributed by atoms with van der Waals surface area (Å²) in [6.07, 6.45) is 0. The predicted octanol–water partition coefficient (Wildman–Crippen LogP) is -13.8. The van der Waals surface area contributed by atoms with Crippen LogP contribution in [0, 0.1) is 0 Å². The second-order valence-corrected chi connectivity index (χ2v) is 91.3. The molecule has 5 unspecified atom stereocenters. The average Bonchev–Trinajstić information content (AvgIpc) is 2.58. The Kier molecular flexibility index (Phi) is 6.54. The second-order valence-electron chi connectivity index (χ2n) is 8.06. The molecule has 23 heteroatoms. The molecule has 0 aliphatic carbocycles. The summed E-state index contributed by atoms with van der Waals surface area (Å²) >= 11 is 0. The Balaban J connectivity index is 1.46.